The van der Waals surface area contributed by atoms with Crippen LogP contribution in [0.3, 0.4) is 0 Å². The molecule has 1 saturated heterocycles. The van der Waals surface area contributed by atoms with E-state index in [1.165, 1.54) is 25.4 Å². The van der Waals surface area contributed by atoms with Gasteiger partial charge in [-0.15, -0.1) is 0 Å². The van der Waals surface area contributed by atoms with E-state index in [9.17, 15) is 9.18 Å². The van der Waals surface area contributed by atoms with E-state index in [2.05, 4.69) is 25.5 Å². The number of nitrogens with zero attached hydrogens (tertiary/aromatic N) is 3. The quantitative estimate of drug-likeness (QED) is 0.373. The first-order valence-corrected chi connectivity index (χ1v) is 11.7. The van der Waals surface area contributed by atoms with Gasteiger partial charge in [0.2, 0.25) is 0 Å². The number of aromatic nitrogens is 2. The van der Waals surface area contributed by atoms with Gasteiger partial charge < -0.3 is 15.8 Å². The van der Waals surface area contributed by atoms with Crippen molar-refractivity contribution in [3.63, 3.8) is 0 Å². The van der Waals surface area contributed by atoms with E-state index in [-0.39, 0.29) is 23.4 Å². The number of nitrogen functional groups attached to an aromatic ring is 1. The molecule has 0 spiro atoms. The van der Waals surface area contributed by atoms with Crippen LogP contribution in [0.1, 0.15) is 35.2 Å². The maximum atomic E-state index is 14.3. The van der Waals surface area contributed by atoms with Crippen molar-refractivity contribution in [3.05, 3.63) is 77.0 Å². The number of carbonyl (C=O) groups excluding carboxylic acids is 1. The molecule has 1 atom stereocenters. The fourth-order valence-corrected chi connectivity index (χ4v) is 4.37. The third kappa shape index (κ3) is 5.95. The first-order valence-electron chi connectivity index (χ1n) is 11.7. The number of rotatable bonds is 7. The van der Waals surface area contributed by atoms with Gasteiger partial charge in [-0.2, -0.15) is 0 Å². The first-order chi connectivity index (χ1) is 17.3. The summed E-state index contributed by atoms with van der Waals surface area (Å²) in [4.78, 5) is 23.2. The topological polar surface area (TPSA) is 129 Å². The monoisotopic (exact) mass is 491 g/mol. The second-order valence-corrected chi connectivity index (χ2v) is 8.81. The molecule has 3 heterocycles. The normalized spacial score (nSPS) is 15.8. The van der Waals surface area contributed by atoms with Crippen molar-refractivity contribution in [3.8, 4) is 5.75 Å². The molecule has 188 valence electrons. The van der Waals surface area contributed by atoms with Crippen molar-refractivity contribution in [2.45, 2.75) is 32.4 Å². The molecule has 1 fully saturated rings. The Morgan fingerprint density at radius 2 is 2.14 bits per heavy atom. The molecule has 0 saturated carbocycles. The zero-order valence-electron chi connectivity index (χ0n) is 20.3. The van der Waals surface area contributed by atoms with Gasteiger partial charge in [0.1, 0.15) is 17.4 Å². The van der Waals surface area contributed by atoms with Crippen LogP contribution < -0.4 is 21.1 Å². The summed E-state index contributed by atoms with van der Waals surface area (Å²) < 4.78 is 19.7. The summed E-state index contributed by atoms with van der Waals surface area (Å²) in [7, 11) is 1.53. The Morgan fingerprint density at radius 3 is 2.89 bits per heavy atom. The molecule has 9 nitrogen and oxygen atoms in total. The van der Waals surface area contributed by atoms with Crippen molar-refractivity contribution in [2.24, 2.45) is 0 Å². The highest BCUT2D eigenvalue weighted by Crippen LogP contribution is 2.25. The number of piperidine rings is 1. The maximum Gasteiger partial charge on any atom is 0.320 e. The Balaban J connectivity index is 1.35. The van der Waals surface area contributed by atoms with E-state index in [1.807, 2.05) is 6.92 Å². The summed E-state index contributed by atoms with van der Waals surface area (Å²) in [6.45, 7) is 3.65. The fourth-order valence-electron chi connectivity index (χ4n) is 4.37. The number of amides is 2. The van der Waals surface area contributed by atoms with Crippen LogP contribution in [0.15, 0.2) is 48.8 Å². The standard InChI is InChI=1S/C26H30FN7O2/c1-16-11-17(8-9-30-16)25(29)19-13-31-24(12-22(19)28)33-26(35)32-18-5-4-10-34(14-18)15-20-21(27)6-3-7-23(20)36-2/h3,6-9,11-13,18,29H,4-5,10,14-15H2,1-2H3,(H4,28,31,32,33,35). The van der Waals surface area contributed by atoms with Gasteiger partial charge >= 0.3 is 6.03 Å². The van der Waals surface area contributed by atoms with Crippen LogP contribution in [0.4, 0.5) is 20.7 Å². The van der Waals surface area contributed by atoms with E-state index in [1.54, 1.807) is 30.5 Å². The summed E-state index contributed by atoms with van der Waals surface area (Å²) in [6.07, 6.45) is 4.81. The van der Waals surface area contributed by atoms with Gasteiger partial charge in [-0.3, -0.25) is 20.6 Å². The summed E-state index contributed by atoms with van der Waals surface area (Å²) in [5, 5.41) is 14.1. The van der Waals surface area contributed by atoms with E-state index >= 15 is 0 Å². The van der Waals surface area contributed by atoms with Gasteiger partial charge in [-0.05, 0) is 50.6 Å². The second kappa shape index (κ2) is 11.1. The number of hydrogen-bond acceptors (Lipinski definition) is 7. The van der Waals surface area contributed by atoms with E-state index in [0.717, 1.165) is 25.1 Å². The molecule has 2 amide bonds. The highest BCUT2D eigenvalue weighted by molar-refractivity contribution is 6.13. The minimum atomic E-state index is -0.398. The van der Waals surface area contributed by atoms with E-state index in [4.69, 9.17) is 15.9 Å². The molecule has 2 aromatic heterocycles. The van der Waals surface area contributed by atoms with Crippen LogP contribution in [0.2, 0.25) is 0 Å². The van der Waals surface area contributed by atoms with E-state index in [0.29, 0.717) is 41.2 Å². The third-order valence-corrected chi connectivity index (χ3v) is 6.15. The van der Waals surface area contributed by atoms with Crippen LogP contribution in [0.5, 0.6) is 5.75 Å². The molecule has 0 aliphatic carbocycles. The lowest BCUT2D eigenvalue weighted by Gasteiger charge is -2.33. The molecule has 1 aliphatic rings. The van der Waals surface area contributed by atoms with Crippen LogP contribution in [0.25, 0.3) is 0 Å². The van der Waals surface area contributed by atoms with Crippen molar-refractivity contribution >= 4 is 23.2 Å². The Labute approximate surface area is 209 Å². The zero-order chi connectivity index (χ0) is 25.7. The number of nitrogens with two attached hydrogens (primary N) is 1. The fraction of sp³-hybridized carbons (Fsp3) is 0.308. The Morgan fingerprint density at radius 1 is 1.31 bits per heavy atom. The second-order valence-electron chi connectivity index (χ2n) is 8.81. The highest BCUT2D eigenvalue weighted by atomic mass is 19.1. The molecular weight excluding hydrogens is 461 g/mol. The minimum absolute atomic E-state index is 0.101. The summed E-state index contributed by atoms with van der Waals surface area (Å²) in [6, 6.07) is 9.37. The van der Waals surface area contributed by atoms with Gasteiger partial charge in [-0.25, -0.2) is 14.2 Å². The van der Waals surface area contributed by atoms with Crippen molar-refractivity contribution in [2.75, 3.05) is 31.2 Å². The highest BCUT2D eigenvalue weighted by Gasteiger charge is 2.23. The summed E-state index contributed by atoms with van der Waals surface area (Å²) >= 11 is 0. The number of aryl methyl sites for hydroxylation is 1. The van der Waals surface area contributed by atoms with Crippen LogP contribution in [-0.2, 0) is 6.54 Å². The third-order valence-electron chi connectivity index (χ3n) is 6.15. The lowest BCUT2D eigenvalue weighted by molar-refractivity contribution is 0.180. The lowest BCUT2D eigenvalue weighted by atomic mass is 10.0. The number of nitrogens with one attached hydrogen (secondary N) is 3. The summed E-state index contributed by atoms with van der Waals surface area (Å²) in [5.74, 6) is 0.500. The smallest absolute Gasteiger partial charge is 0.320 e. The number of halogens is 1. The number of benzene rings is 1. The molecule has 1 aromatic carbocycles. The number of hydrogen-bond donors (Lipinski definition) is 4. The molecule has 0 bridgehead atoms. The zero-order valence-corrected chi connectivity index (χ0v) is 20.3. The van der Waals surface area contributed by atoms with Crippen molar-refractivity contribution in [1.82, 2.24) is 20.2 Å². The molecule has 5 N–H and O–H groups in total. The Kier molecular flexibility index (Phi) is 7.74. The van der Waals surface area contributed by atoms with Crippen molar-refractivity contribution in [1.29, 1.82) is 5.41 Å². The molecule has 3 aromatic rings. The number of carbonyl (C=O) groups is 1. The first kappa shape index (κ1) is 25.1. The van der Waals surface area contributed by atoms with Gasteiger partial charge in [-0.1, -0.05) is 6.07 Å². The largest absolute Gasteiger partial charge is 0.496 e. The van der Waals surface area contributed by atoms with Gasteiger partial charge in [0, 0.05) is 65.7 Å². The Bertz CT molecular complexity index is 1270. The molecule has 10 heteroatoms. The van der Waals surface area contributed by atoms with Crippen LogP contribution >= 0.6 is 0 Å². The Hall–Kier alpha value is -4.05. The minimum Gasteiger partial charge on any atom is -0.496 e. The van der Waals surface area contributed by atoms with Crippen LogP contribution in [-0.4, -0.2) is 52.9 Å². The predicted octanol–water partition coefficient (Wildman–Crippen LogP) is 3.72. The molecule has 0 radical (unpaired) electrons. The SMILES string of the molecule is COc1cccc(F)c1CN1CCCC(NC(=O)Nc2cc(N)c(C(=N)c3ccnc(C)c3)cn2)C1. The molecule has 1 unspecified atom stereocenters. The van der Waals surface area contributed by atoms with Gasteiger partial charge in [0.15, 0.2) is 0 Å². The molecule has 4 rings (SSSR count). The number of pyridine rings is 2. The van der Waals surface area contributed by atoms with E-state index < -0.39 is 6.03 Å². The predicted molar refractivity (Wildman–Crippen MR) is 137 cm³/mol. The van der Waals surface area contributed by atoms with Crippen LogP contribution in [0, 0.1) is 18.2 Å². The molecular formula is C26H30FN7O2. The number of ether oxygens (including phenoxy) is 1. The van der Waals surface area contributed by atoms with Crippen molar-refractivity contribution < 1.29 is 13.9 Å². The van der Waals surface area contributed by atoms with Gasteiger partial charge in [0.05, 0.1) is 12.8 Å². The maximum absolute atomic E-state index is 14.3. The number of anilines is 2. The summed E-state index contributed by atoms with van der Waals surface area (Å²) in [5.41, 5.74) is 9.20. The number of urea groups is 1. The average molecular weight is 492 g/mol. The number of methoxy groups -OCH3 is 1. The molecule has 1 aliphatic heterocycles. The number of likely N-dealkylation sites (tertiary alicyclic amines) is 1. The average Bonchev–Trinajstić information content (AvgIpc) is 2.85. The molecule has 36 heavy (non-hydrogen) atoms. The lowest BCUT2D eigenvalue weighted by Crippen LogP contribution is -2.48. The van der Waals surface area contributed by atoms with Gasteiger partial charge in [0.25, 0.3) is 0 Å².